The van der Waals surface area contributed by atoms with Crippen molar-refractivity contribution in [2.75, 3.05) is 13.1 Å². The number of rotatable bonds is 2. The SMILES string of the molecule is O=C(c1cccc(Cl)c1Cl)N1CC[C@H](n2cnc3ccccc32)C1. The molecule has 0 unspecified atom stereocenters. The molecule has 1 amide bonds. The van der Waals surface area contributed by atoms with Gasteiger partial charge in [-0.2, -0.15) is 0 Å². The largest absolute Gasteiger partial charge is 0.336 e. The van der Waals surface area contributed by atoms with Gasteiger partial charge in [-0.05, 0) is 30.7 Å². The van der Waals surface area contributed by atoms with Crippen LogP contribution in [0.25, 0.3) is 11.0 Å². The summed E-state index contributed by atoms with van der Waals surface area (Å²) >= 11 is 12.2. The lowest BCUT2D eigenvalue weighted by Gasteiger charge is -2.18. The molecule has 0 aliphatic carbocycles. The van der Waals surface area contributed by atoms with Crippen molar-refractivity contribution in [3.63, 3.8) is 0 Å². The highest BCUT2D eigenvalue weighted by molar-refractivity contribution is 6.43. The quantitative estimate of drug-likeness (QED) is 0.678. The van der Waals surface area contributed by atoms with Crippen molar-refractivity contribution in [2.45, 2.75) is 12.5 Å². The van der Waals surface area contributed by atoms with E-state index < -0.39 is 0 Å². The van der Waals surface area contributed by atoms with Gasteiger partial charge >= 0.3 is 0 Å². The first-order chi connectivity index (χ1) is 11.6. The number of fused-ring (bicyclic) bond motifs is 1. The van der Waals surface area contributed by atoms with Crippen molar-refractivity contribution >= 4 is 40.1 Å². The van der Waals surface area contributed by atoms with Gasteiger partial charge in [-0.3, -0.25) is 4.79 Å². The van der Waals surface area contributed by atoms with Crippen molar-refractivity contribution < 1.29 is 4.79 Å². The van der Waals surface area contributed by atoms with Crippen LogP contribution in [0.4, 0.5) is 0 Å². The van der Waals surface area contributed by atoms with Crippen LogP contribution in [0.5, 0.6) is 0 Å². The standard InChI is InChI=1S/C18H15Cl2N3O/c19-14-5-3-4-13(17(14)20)18(24)22-9-8-12(10-22)23-11-21-15-6-1-2-7-16(15)23/h1-7,11-12H,8-10H2/t12-/m0/s1. The number of hydrogen-bond donors (Lipinski definition) is 0. The Bertz CT molecular complexity index is 922. The minimum Gasteiger partial charge on any atom is -0.336 e. The maximum atomic E-state index is 12.8. The van der Waals surface area contributed by atoms with Gasteiger partial charge in [-0.15, -0.1) is 0 Å². The highest BCUT2D eigenvalue weighted by Crippen LogP contribution is 2.30. The van der Waals surface area contributed by atoms with E-state index in [0.29, 0.717) is 28.7 Å². The van der Waals surface area contributed by atoms with Crippen LogP contribution in [-0.4, -0.2) is 33.4 Å². The Labute approximate surface area is 149 Å². The van der Waals surface area contributed by atoms with Crippen LogP contribution in [0.2, 0.25) is 10.0 Å². The highest BCUT2D eigenvalue weighted by Gasteiger charge is 2.29. The minimum atomic E-state index is -0.0746. The van der Waals surface area contributed by atoms with Crippen LogP contribution in [0.15, 0.2) is 48.8 Å². The zero-order valence-electron chi connectivity index (χ0n) is 12.8. The van der Waals surface area contributed by atoms with E-state index in [2.05, 4.69) is 15.6 Å². The van der Waals surface area contributed by atoms with Crippen molar-refractivity contribution in [3.05, 3.63) is 64.4 Å². The molecular formula is C18H15Cl2N3O. The lowest BCUT2D eigenvalue weighted by atomic mass is 10.2. The Morgan fingerprint density at radius 1 is 1.12 bits per heavy atom. The number of likely N-dealkylation sites (tertiary alicyclic amines) is 1. The molecule has 1 atom stereocenters. The molecule has 1 saturated heterocycles. The summed E-state index contributed by atoms with van der Waals surface area (Å²) in [6, 6.07) is 13.4. The summed E-state index contributed by atoms with van der Waals surface area (Å²) in [5.41, 5.74) is 2.53. The third-order valence-electron chi connectivity index (χ3n) is 4.51. The van der Waals surface area contributed by atoms with E-state index in [1.54, 1.807) is 18.2 Å². The Morgan fingerprint density at radius 3 is 2.83 bits per heavy atom. The molecule has 2 aromatic carbocycles. The van der Waals surface area contributed by atoms with Crippen LogP contribution < -0.4 is 0 Å². The molecule has 2 heterocycles. The van der Waals surface area contributed by atoms with Gasteiger partial charge < -0.3 is 9.47 Å². The van der Waals surface area contributed by atoms with Crippen LogP contribution in [0.3, 0.4) is 0 Å². The number of para-hydroxylation sites is 2. The summed E-state index contributed by atoms with van der Waals surface area (Å²) in [6.45, 7) is 1.33. The molecule has 0 bridgehead atoms. The van der Waals surface area contributed by atoms with E-state index in [1.165, 1.54) is 0 Å². The molecule has 122 valence electrons. The molecule has 0 N–H and O–H groups in total. The maximum absolute atomic E-state index is 12.8. The molecule has 1 aromatic heterocycles. The molecule has 1 fully saturated rings. The van der Waals surface area contributed by atoms with Crippen LogP contribution in [0.1, 0.15) is 22.8 Å². The van der Waals surface area contributed by atoms with E-state index >= 15 is 0 Å². The lowest BCUT2D eigenvalue weighted by molar-refractivity contribution is 0.0788. The first kappa shape index (κ1) is 15.5. The summed E-state index contributed by atoms with van der Waals surface area (Å²) in [5.74, 6) is -0.0746. The second-order valence-corrected chi connectivity index (χ2v) is 6.72. The van der Waals surface area contributed by atoms with Gasteiger partial charge in [-0.25, -0.2) is 4.98 Å². The number of carbonyl (C=O) groups excluding carboxylic acids is 1. The Hall–Kier alpha value is -2.04. The third kappa shape index (κ3) is 2.56. The fourth-order valence-corrected chi connectivity index (χ4v) is 3.64. The summed E-state index contributed by atoms with van der Waals surface area (Å²) in [7, 11) is 0. The molecular weight excluding hydrogens is 345 g/mol. The molecule has 0 radical (unpaired) electrons. The maximum Gasteiger partial charge on any atom is 0.255 e. The fraction of sp³-hybridized carbons (Fsp3) is 0.222. The molecule has 4 nitrogen and oxygen atoms in total. The zero-order chi connectivity index (χ0) is 16.7. The molecule has 6 heteroatoms. The Kier molecular flexibility index (Phi) is 3.94. The van der Waals surface area contributed by atoms with E-state index in [-0.39, 0.29) is 11.9 Å². The van der Waals surface area contributed by atoms with E-state index in [9.17, 15) is 4.79 Å². The normalized spacial score (nSPS) is 17.6. The van der Waals surface area contributed by atoms with Gasteiger partial charge in [0.25, 0.3) is 5.91 Å². The second-order valence-electron chi connectivity index (χ2n) is 5.94. The minimum absolute atomic E-state index is 0.0746. The van der Waals surface area contributed by atoms with Gasteiger partial charge in [0.05, 0.1) is 39.0 Å². The monoisotopic (exact) mass is 359 g/mol. The van der Waals surface area contributed by atoms with Crippen LogP contribution in [-0.2, 0) is 0 Å². The van der Waals surface area contributed by atoms with Crippen LogP contribution in [0, 0.1) is 0 Å². The number of aromatic nitrogens is 2. The Morgan fingerprint density at radius 2 is 1.96 bits per heavy atom. The van der Waals surface area contributed by atoms with Crippen molar-refractivity contribution in [1.29, 1.82) is 0 Å². The summed E-state index contributed by atoms with van der Waals surface area (Å²) in [5, 5.41) is 0.722. The van der Waals surface area contributed by atoms with Crippen molar-refractivity contribution in [3.8, 4) is 0 Å². The van der Waals surface area contributed by atoms with Gasteiger partial charge in [0.1, 0.15) is 0 Å². The number of carbonyl (C=O) groups is 1. The number of hydrogen-bond acceptors (Lipinski definition) is 2. The zero-order valence-corrected chi connectivity index (χ0v) is 14.3. The van der Waals surface area contributed by atoms with Crippen LogP contribution >= 0.6 is 23.2 Å². The number of imidazole rings is 1. The van der Waals surface area contributed by atoms with Gasteiger partial charge in [-0.1, -0.05) is 41.4 Å². The average Bonchev–Trinajstić information content (AvgIpc) is 3.23. The van der Waals surface area contributed by atoms with Crippen molar-refractivity contribution in [1.82, 2.24) is 14.5 Å². The smallest absolute Gasteiger partial charge is 0.255 e. The van der Waals surface area contributed by atoms with Crippen molar-refractivity contribution in [2.24, 2.45) is 0 Å². The van der Waals surface area contributed by atoms with Gasteiger partial charge in [0.15, 0.2) is 0 Å². The first-order valence-electron chi connectivity index (χ1n) is 7.80. The molecule has 0 saturated carbocycles. The number of halogens is 2. The average molecular weight is 360 g/mol. The third-order valence-corrected chi connectivity index (χ3v) is 5.33. The van der Waals surface area contributed by atoms with E-state index in [4.69, 9.17) is 23.2 Å². The summed E-state index contributed by atoms with van der Waals surface area (Å²) in [6.07, 6.45) is 2.75. The molecule has 0 spiro atoms. The second kappa shape index (κ2) is 6.11. The molecule has 24 heavy (non-hydrogen) atoms. The highest BCUT2D eigenvalue weighted by atomic mass is 35.5. The number of benzene rings is 2. The lowest BCUT2D eigenvalue weighted by Crippen LogP contribution is -2.29. The predicted molar refractivity (Wildman–Crippen MR) is 95.8 cm³/mol. The Balaban J connectivity index is 1.58. The van der Waals surface area contributed by atoms with Gasteiger partial charge in [0, 0.05) is 13.1 Å². The van der Waals surface area contributed by atoms with E-state index in [0.717, 1.165) is 17.5 Å². The molecule has 1 aliphatic heterocycles. The number of nitrogens with zero attached hydrogens (tertiary/aromatic N) is 3. The van der Waals surface area contributed by atoms with E-state index in [1.807, 2.05) is 29.4 Å². The fourth-order valence-electron chi connectivity index (χ4n) is 3.26. The topological polar surface area (TPSA) is 38.1 Å². The molecule has 1 aliphatic rings. The molecule has 4 rings (SSSR count). The summed E-state index contributed by atoms with van der Waals surface area (Å²) in [4.78, 5) is 19.0. The molecule has 3 aromatic rings. The first-order valence-corrected chi connectivity index (χ1v) is 8.55. The summed E-state index contributed by atoms with van der Waals surface area (Å²) < 4.78 is 2.15. The predicted octanol–water partition coefficient (Wildman–Crippen LogP) is 4.43. The van der Waals surface area contributed by atoms with Gasteiger partial charge in [0.2, 0.25) is 0 Å². The number of amides is 1.